The molecule has 0 aromatic heterocycles. The Bertz CT molecular complexity index is 683. The molecule has 2 fully saturated rings. The van der Waals surface area contributed by atoms with E-state index in [-0.39, 0.29) is 6.42 Å². The molecule has 0 aliphatic heterocycles. The molecule has 0 aromatic carbocycles. The first kappa shape index (κ1) is 23.4. The fourth-order valence-electron chi connectivity index (χ4n) is 3.98. The summed E-state index contributed by atoms with van der Waals surface area (Å²) in [7, 11) is 0. The molecule has 0 bridgehead atoms. The molecule has 0 spiro atoms. The third-order valence-corrected chi connectivity index (χ3v) is 4.79. The van der Waals surface area contributed by atoms with Crippen molar-refractivity contribution in [3.05, 3.63) is 0 Å². The van der Waals surface area contributed by atoms with Crippen LogP contribution in [-0.4, -0.2) is 51.6 Å². The highest BCUT2D eigenvalue weighted by Crippen LogP contribution is 2.63. The summed E-state index contributed by atoms with van der Waals surface area (Å²) in [5.74, 6) is -2.97. The Balaban J connectivity index is 2.34. The normalized spacial score (nSPS) is 31.5. The summed E-state index contributed by atoms with van der Waals surface area (Å²) in [5.41, 5.74) is -3.84. The fourth-order valence-corrected chi connectivity index (χ4v) is 3.98. The number of fused-ring (bicyclic) bond motifs is 1. The average Bonchev–Trinajstić information content (AvgIpc) is 3.10. The number of carbonyl (C=O) groups excluding carboxylic acids is 3. The van der Waals surface area contributed by atoms with Gasteiger partial charge in [-0.1, -0.05) is 0 Å². The third-order valence-electron chi connectivity index (χ3n) is 4.79. The summed E-state index contributed by atoms with van der Waals surface area (Å²) in [6, 6.07) is 0. The van der Waals surface area contributed by atoms with E-state index >= 15 is 0 Å². The van der Waals surface area contributed by atoms with Gasteiger partial charge in [0.1, 0.15) is 22.3 Å². The first-order chi connectivity index (χ1) is 12.9. The van der Waals surface area contributed by atoms with Gasteiger partial charge in [-0.05, 0) is 62.3 Å². The second-order valence-electron chi connectivity index (χ2n) is 11.0. The molecule has 2 N–H and O–H groups in total. The van der Waals surface area contributed by atoms with Crippen LogP contribution in [0.3, 0.4) is 0 Å². The minimum atomic E-state index is -1.55. The van der Waals surface area contributed by atoms with Gasteiger partial charge in [-0.25, -0.2) is 9.59 Å². The van der Waals surface area contributed by atoms with E-state index in [2.05, 4.69) is 5.32 Å². The molecule has 0 aromatic rings. The maximum Gasteiger partial charge on any atom is 0.408 e. The lowest BCUT2D eigenvalue weighted by molar-refractivity contribution is -0.166. The molecule has 29 heavy (non-hydrogen) atoms. The van der Waals surface area contributed by atoms with E-state index in [9.17, 15) is 19.5 Å². The van der Waals surface area contributed by atoms with Crippen LogP contribution in [0.5, 0.6) is 0 Å². The Morgan fingerprint density at radius 3 is 1.79 bits per heavy atom. The second kappa shape index (κ2) is 7.15. The van der Waals surface area contributed by atoms with Crippen molar-refractivity contribution in [1.82, 2.24) is 5.32 Å². The number of hydrogen-bond acceptors (Lipinski definition) is 7. The van der Waals surface area contributed by atoms with E-state index in [1.807, 2.05) is 0 Å². The van der Waals surface area contributed by atoms with Crippen LogP contribution >= 0.6 is 0 Å². The molecule has 8 nitrogen and oxygen atoms in total. The molecule has 2 saturated carbocycles. The molecule has 5 atom stereocenters. The Kier molecular flexibility index (Phi) is 5.78. The van der Waals surface area contributed by atoms with E-state index in [1.165, 1.54) is 0 Å². The van der Waals surface area contributed by atoms with Crippen molar-refractivity contribution in [2.45, 2.75) is 97.2 Å². The number of carbonyl (C=O) groups is 3. The molecule has 0 radical (unpaired) electrons. The maximum atomic E-state index is 13.2. The molecular weight excluding hydrogens is 378 g/mol. The fraction of sp³-hybridized carbons (Fsp3) is 0.857. The largest absolute Gasteiger partial charge is 0.460 e. The number of amides is 1. The summed E-state index contributed by atoms with van der Waals surface area (Å²) in [6.45, 7) is 15.5. The molecule has 5 unspecified atom stereocenters. The number of rotatable bonds is 3. The molecule has 8 heteroatoms. The first-order valence-electron chi connectivity index (χ1n) is 10.0. The highest BCUT2D eigenvalue weighted by atomic mass is 16.6. The SMILES string of the molecule is CC(C)(C)OC(=O)NC1(C(=O)OC(C)(C)C)CC(O)C2C(C(=O)OC(C)(C)C)C21. The van der Waals surface area contributed by atoms with Gasteiger partial charge in [-0.3, -0.25) is 4.79 Å². The van der Waals surface area contributed by atoms with Crippen molar-refractivity contribution in [2.75, 3.05) is 0 Å². The average molecular weight is 414 g/mol. The van der Waals surface area contributed by atoms with Crippen LogP contribution in [0, 0.1) is 17.8 Å². The number of esters is 2. The monoisotopic (exact) mass is 413 g/mol. The van der Waals surface area contributed by atoms with E-state index in [1.54, 1.807) is 62.3 Å². The summed E-state index contributed by atoms with van der Waals surface area (Å²) in [6.07, 6.45) is -1.79. The Morgan fingerprint density at radius 1 is 0.862 bits per heavy atom. The second-order valence-corrected chi connectivity index (χ2v) is 11.0. The van der Waals surface area contributed by atoms with Gasteiger partial charge in [0, 0.05) is 18.3 Å². The van der Waals surface area contributed by atoms with Crippen LogP contribution in [0.2, 0.25) is 0 Å². The molecule has 0 saturated heterocycles. The zero-order valence-corrected chi connectivity index (χ0v) is 18.9. The van der Waals surface area contributed by atoms with Crippen molar-refractivity contribution in [3.63, 3.8) is 0 Å². The van der Waals surface area contributed by atoms with Gasteiger partial charge in [-0.15, -0.1) is 0 Å². The van der Waals surface area contributed by atoms with Crippen LogP contribution in [0.4, 0.5) is 4.79 Å². The zero-order valence-electron chi connectivity index (χ0n) is 18.9. The smallest absolute Gasteiger partial charge is 0.408 e. The van der Waals surface area contributed by atoms with E-state index in [0.29, 0.717) is 0 Å². The number of ether oxygens (including phenoxy) is 3. The molecule has 166 valence electrons. The van der Waals surface area contributed by atoms with Crippen LogP contribution in [0.15, 0.2) is 0 Å². The quantitative estimate of drug-likeness (QED) is 0.540. The lowest BCUT2D eigenvalue weighted by Crippen LogP contribution is -2.59. The summed E-state index contributed by atoms with van der Waals surface area (Å²) in [5, 5.41) is 13.2. The summed E-state index contributed by atoms with van der Waals surface area (Å²) >= 11 is 0. The van der Waals surface area contributed by atoms with Crippen molar-refractivity contribution in [2.24, 2.45) is 17.8 Å². The number of aliphatic hydroxyl groups excluding tert-OH is 1. The van der Waals surface area contributed by atoms with E-state index in [0.717, 1.165) is 0 Å². The highest BCUT2D eigenvalue weighted by molar-refractivity contribution is 5.91. The van der Waals surface area contributed by atoms with Gasteiger partial charge in [-0.2, -0.15) is 0 Å². The predicted octanol–water partition coefficient (Wildman–Crippen LogP) is 2.56. The lowest BCUT2D eigenvalue weighted by Gasteiger charge is -2.35. The standard InChI is InChI=1S/C21H35NO7/c1-18(2,3)27-15(24)13-12-11(23)10-21(14(12)13,16(25)28-19(4,5)6)22-17(26)29-20(7,8)9/h11-14,23H,10H2,1-9H3,(H,22,26). The predicted molar refractivity (Wildman–Crippen MR) is 105 cm³/mol. The van der Waals surface area contributed by atoms with Crippen molar-refractivity contribution >= 4 is 18.0 Å². The van der Waals surface area contributed by atoms with Gasteiger partial charge in [0.2, 0.25) is 0 Å². The van der Waals surface area contributed by atoms with Crippen LogP contribution < -0.4 is 5.32 Å². The minimum absolute atomic E-state index is 0.0458. The van der Waals surface area contributed by atoms with Gasteiger partial charge in [0.05, 0.1) is 12.0 Å². The van der Waals surface area contributed by atoms with Crippen molar-refractivity contribution in [3.8, 4) is 0 Å². The molecule has 2 aliphatic rings. The van der Waals surface area contributed by atoms with E-state index in [4.69, 9.17) is 14.2 Å². The minimum Gasteiger partial charge on any atom is -0.460 e. The number of hydrogen-bond donors (Lipinski definition) is 2. The number of aliphatic hydroxyl groups is 1. The maximum absolute atomic E-state index is 13.2. The van der Waals surface area contributed by atoms with Gasteiger partial charge < -0.3 is 24.6 Å². The van der Waals surface area contributed by atoms with Crippen molar-refractivity contribution in [1.29, 1.82) is 0 Å². The highest BCUT2D eigenvalue weighted by Gasteiger charge is 2.76. The van der Waals surface area contributed by atoms with Gasteiger partial charge in [0.25, 0.3) is 0 Å². The molecule has 0 heterocycles. The Labute approximate surface area is 172 Å². The zero-order chi connectivity index (χ0) is 22.6. The van der Waals surface area contributed by atoms with Crippen LogP contribution in [0.25, 0.3) is 0 Å². The van der Waals surface area contributed by atoms with Gasteiger partial charge >= 0.3 is 18.0 Å². The topological polar surface area (TPSA) is 111 Å². The third kappa shape index (κ3) is 5.41. The molecular formula is C21H35NO7. The Hall–Kier alpha value is -1.83. The van der Waals surface area contributed by atoms with Crippen LogP contribution in [-0.2, 0) is 23.8 Å². The number of alkyl carbamates (subject to hydrolysis) is 1. The van der Waals surface area contributed by atoms with Crippen molar-refractivity contribution < 1.29 is 33.7 Å². The van der Waals surface area contributed by atoms with E-state index < -0.39 is 64.2 Å². The van der Waals surface area contributed by atoms with Gasteiger partial charge in [0.15, 0.2) is 0 Å². The molecule has 2 rings (SSSR count). The van der Waals surface area contributed by atoms with Crippen LogP contribution in [0.1, 0.15) is 68.7 Å². The summed E-state index contributed by atoms with van der Waals surface area (Å²) < 4.78 is 16.3. The summed E-state index contributed by atoms with van der Waals surface area (Å²) in [4.78, 5) is 38.4. The Morgan fingerprint density at radius 2 is 1.34 bits per heavy atom. The lowest BCUT2D eigenvalue weighted by atomic mass is 9.89. The number of nitrogens with one attached hydrogen (secondary N) is 1. The molecule has 1 amide bonds. The molecule has 2 aliphatic carbocycles. The first-order valence-corrected chi connectivity index (χ1v) is 10.0.